The molecule has 0 saturated carbocycles. The van der Waals surface area contributed by atoms with Crippen LogP contribution >= 0.6 is 0 Å². The molecule has 17 heavy (non-hydrogen) atoms. The highest BCUT2D eigenvalue weighted by atomic mass is 15.3. The van der Waals surface area contributed by atoms with Crippen LogP contribution in [0.4, 0.5) is 0 Å². The van der Waals surface area contributed by atoms with Gasteiger partial charge in [-0.15, -0.1) is 0 Å². The van der Waals surface area contributed by atoms with Gasteiger partial charge in [0.05, 0.1) is 17.8 Å². The van der Waals surface area contributed by atoms with Crippen molar-refractivity contribution in [1.29, 1.82) is 0 Å². The molecule has 0 aliphatic carbocycles. The molecule has 1 aromatic heterocycles. The van der Waals surface area contributed by atoms with Crippen molar-refractivity contribution in [2.75, 3.05) is 0 Å². The van der Waals surface area contributed by atoms with E-state index in [1.165, 1.54) is 5.56 Å². The number of hydrogen-bond donors (Lipinski definition) is 0. The van der Waals surface area contributed by atoms with E-state index in [0.29, 0.717) is 6.54 Å². The van der Waals surface area contributed by atoms with E-state index in [1.54, 1.807) is 0 Å². The molecule has 0 radical (unpaired) electrons. The minimum atomic E-state index is 0.423. The maximum atomic E-state index is 6.95. The van der Waals surface area contributed by atoms with E-state index in [-0.39, 0.29) is 0 Å². The zero-order chi connectivity index (χ0) is 12.3. The Bertz CT molecular complexity index is 547. The summed E-state index contributed by atoms with van der Waals surface area (Å²) in [7, 11) is 0. The summed E-state index contributed by atoms with van der Waals surface area (Å²) in [4.78, 5) is 3.44. The van der Waals surface area contributed by atoms with Gasteiger partial charge < -0.3 is 4.85 Å². The predicted octanol–water partition coefficient (Wildman–Crippen LogP) is 2.97. The largest absolute Gasteiger partial charge is 0.312 e. The second-order valence-corrected chi connectivity index (χ2v) is 4.11. The topological polar surface area (TPSA) is 22.2 Å². The molecule has 3 nitrogen and oxygen atoms in total. The van der Waals surface area contributed by atoms with Crippen LogP contribution in [0.2, 0.25) is 0 Å². The third-order valence-corrected chi connectivity index (χ3v) is 2.94. The van der Waals surface area contributed by atoms with Gasteiger partial charge in [-0.3, -0.25) is 4.68 Å². The molecule has 0 unspecified atom stereocenters. The van der Waals surface area contributed by atoms with Gasteiger partial charge in [-0.25, -0.2) is 6.57 Å². The molecule has 0 atom stereocenters. The van der Waals surface area contributed by atoms with Gasteiger partial charge in [-0.1, -0.05) is 30.3 Å². The Morgan fingerprint density at radius 2 is 1.94 bits per heavy atom. The van der Waals surface area contributed by atoms with Crippen molar-refractivity contribution in [3.8, 4) is 0 Å². The van der Waals surface area contributed by atoms with E-state index in [2.05, 4.69) is 22.1 Å². The molecule has 0 amide bonds. The second kappa shape index (κ2) is 4.84. The van der Waals surface area contributed by atoms with Crippen molar-refractivity contribution in [1.82, 2.24) is 9.78 Å². The van der Waals surface area contributed by atoms with Crippen LogP contribution in [0.3, 0.4) is 0 Å². The number of rotatable bonds is 3. The van der Waals surface area contributed by atoms with E-state index < -0.39 is 0 Å². The van der Waals surface area contributed by atoms with Crippen molar-refractivity contribution >= 4 is 0 Å². The molecule has 0 bridgehead atoms. The molecule has 0 fully saturated rings. The highest BCUT2D eigenvalue weighted by Gasteiger charge is 2.13. The third-order valence-electron chi connectivity index (χ3n) is 2.94. The Labute approximate surface area is 102 Å². The summed E-state index contributed by atoms with van der Waals surface area (Å²) in [5.74, 6) is 0. The molecular weight excluding hydrogens is 210 g/mol. The maximum Gasteiger partial charge on any atom is 0.243 e. The van der Waals surface area contributed by atoms with Gasteiger partial charge in [0.15, 0.2) is 0 Å². The number of hydrogen-bond acceptors (Lipinski definition) is 1. The van der Waals surface area contributed by atoms with Crippen molar-refractivity contribution in [2.45, 2.75) is 26.9 Å². The molecule has 1 heterocycles. The summed E-state index contributed by atoms with van der Waals surface area (Å²) in [5, 5.41) is 4.50. The van der Waals surface area contributed by atoms with E-state index >= 15 is 0 Å². The molecular formula is C14H15N3. The van der Waals surface area contributed by atoms with Crippen LogP contribution in [0.25, 0.3) is 4.85 Å². The van der Waals surface area contributed by atoms with Crippen LogP contribution < -0.4 is 0 Å². The molecule has 2 aromatic rings. The monoisotopic (exact) mass is 225 g/mol. The first-order valence-corrected chi connectivity index (χ1v) is 5.62. The number of aryl methyl sites for hydroxylation is 1. The van der Waals surface area contributed by atoms with E-state index in [1.807, 2.05) is 36.7 Å². The van der Waals surface area contributed by atoms with Crippen LogP contribution in [0.15, 0.2) is 30.3 Å². The Morgan fingerprint density at radius 1 is 1.24 bits per heavy atom. The highest BCUT2D eigenvalue weighted by Crippen LogP contribution is 2.15. The molecule has 0 aliphatic heterocycles. The quantitative estimate of drug-likeness (QED) is 0.736. The van der Waals surface area contributed by atoms with Gasteiger partial charge in [-0.2, -0.15) is 5.10 Å². The Balaban J connectivity index is 2.29. The van der Waals surface area contributed by atoms with Gasteiger partial charge in [0.2, 0.25) is 6.54 Å². The molecule has 3 heteroatoms. The van der Waals surface area contributed by atoms with E-state index in [4.69, 9.17) is 6.57 Å². The van der Waals surface area contributed by atoms with Crippen LogP contribution in [0.5, 0.6) is 0 Å². The fraction of sp³-hybridized carbons (Fsp3) is 0.286. The van der Waals surface area contributed by atoms with Crippen molar-refractivity contribution in [3.63, 3.8) is 0 Å². The third kappa shape index (κ3) is 2.36. The lowest BCUT2D eigenvalue weighted by atomic mass is 10.2. The zero-order valence-corrected chi connectivity index (χ0v) is 10.1. The first-order chi connectivity index (χ1) is 8.22. The molecule has 1 aromatic carbocycles. The fourth-order valence-electron chi connectivity index (χ4n) is 1.95. The summed E-state index contributed by atoms with van der Waals surface area (Å²) in [6, 6.07) is 10.2. The van der Waals surface area contributed by atoms with Gasteiger partial charge in [0.25, 0.3) is 0 Å². The lowest BCUT2D eigenvalue weighted by Crippen LogP contribution is -2.04. The van der Waals surface area contributed by atoms with E-state index in [0.717, 1.165) is 23.5 Å². The lowest BCUT2D eigenvalue weighted by Gasteiger charge is -2.04. The van der Waals surface area contributed by atoms with Gasteiger partial charge in [0.1, 0.15) is 0 Å². The van der Waals surface area contributed by atoms with Crippen molar-refractivity contribution in [3.05, 3.63) is 64.3 Å². The first-order valence-electron chi connectivity index (χ1n) is 5.62. The van der Waals surface area contributed by atoms with Gasteiger partial charge in [-0.05, 0) is 19.4 Å². The van der Waals surface area contributed by atoms with Crippen molar-refractivity contribution in [2.24, 2.45) is 0 Å². The summed E-state index contributed by atoms with van der Waals surface area (Å²) >= 11 is 0. The summed E-state index contributed by atoms with van der Waals surface area (Å²) < 4.78 is 1.98. The SMILES string of the molecule is [C-]#[N+]Cc1c(C)nn(Cc2ccccc2)c1C. The maximum absolute atomic E-state index is 6.95. The number of aromatic nitrogens is 2. The number of nitrogens with zero attached hydrogens (tertiary/aromatic N) is 3. The summed E-state index contributed by atoms with van der Waals surface area (Å²) in [6.45, 7) is 12.1. The normalized spacial score (nSPS) is 10.2. The Hall–Kier alpha value is -2.08. The minimum absolute atomic E-state index is 0.423. The van der Waals surface area contributed by atoms with Crippen LogP contribution in [0, 0.1) is 20.4 Å². The number of benzene rings is 1. The molecule has 0 spiro atoms. The van der Waals surface area contributed by atoms with Crippen LogP contribution in [-0.4, -0.2) is 9.78 Å². The molecule has 0 aliphatic rings. The summed E-state index contributed by atoms with van der Waals surface area (Å²) in [6.07, 6.45) is 0. The van der Waals surface area contributed by atoms with Gasteiger partial charge >= 0.3 is 0 Å². The molecule has 86 valence electrons. The smallest absolute Gasteiger partial charge is 0.243 e. The minimum Gasteiger partial charge on any atom is -0.312 e. The Morgan fingerprint density at radius 3 is 2.59 bits per heavy atom. The fourth-order valence-corrected chi connectivity index (χ4v) is 1.95. The van der Waals surface area contributed by atoms with E-state index in [9.17, 15) is 0 Å². The molecule has 0 N–H and O–H groups in total. The standard InChI is InChI=1S/C14H15N3/c1-11-14(9-15-3)12(2)17(16-11)10-13-7-5-4-6-8-13/h4-8H,9-10H2,1-2H3. The highest BCUT2D eigenvalue weighted by molar-refractivity contribution is 5.27. The lowest BCUT2D eigenvalue weighted by molar-refractivity contribution is 0.658. The Kier molecular flexibility index (Phi) is 3.24. The van der Waals surface area contributed by atoms with Gasteiger partial charge in [0, 0.05) is 5.69 Å². The molecule has 2 rings (SSSR count). The average Bonchev–Trinajstić information content (AvgIpc) is 2.59. The summed E-state index contributed by atoms with van der Waals surface area (Å²) in [5.41, 5.74) is 4.36. The first kappa shape index (κ1) is 11.4. The van der Waals surface area contributed by atoms with Crippen LogP contribution in [-0.2, 0) is 13.1 Å². The second-order valence-electron chi connectivity index (χ2n) is 4.11. The average molecular weight is 225 g/mol. The molecule has 0 saturated heterocycles. The van der Waals surface area contributed by atoms with Crippen LogP contribution in [0.1, 0.15) is 22.5 Å². The zero-order valence-electron chi connectivity index (χ0n) is 10.1. The predicted molar refractivity (Wildman–Crippen MR) is 67.6 cm³/mol. The van der Waals surface area contributed by atoms with Crippen molar-refractivity contribution < 1.29 is 0 Å².